The molecule has 0 spiro atoms. The minimum Gasteiger partial charge on any atom is -0.397 e. The number of amides is 1. The first-order valence-corrected chi connectivity index (χ1v) is 8.69. The summed E-state index contributed by atoms with van der Waals surface area (Å²) in [5.74, 6) is -0.691. The van der Waals surface area contributed by atoms with E-state index < -0.39 is 5.82 Å². The van der Waals surface area contributed by atoms with E-state index in [-0.39, 0.29) is 5.91 Å². The summed E-state index contributed by atoms with van der Waals surface area (Å²) in [5.41, 5.74) is 6.41. The van der Waals surface area contributed by atoms with Crippen LogP contribution in [0.1, 0.15) is 14.5 Å². The molecule has 3 N–H and O–H groups in total. The molecule has 1 aliphatic rings. The topological polar surface area (TPSA) is 61.6 Å². The zero-order chi connectivity index (χ0) is 17.1. The van der Waals surface area contributed by atoms with Crippen molar-refractivity contribution in [2.75, 3.05) is 44.3 Å². The molecule has 0 unspecified atom stereocenters. The first-order valence-electron chi connectivity index (χ1n) is 7.87. The van der Waals surface area contributed by atoms with Gasteiger partial charge in [-0.05, 0) is 37.4 Å². The lowest BCUT2D eigenvalue weighted by atomic mass is 10.2. The van der Waals surface area contributed by atoms with Gasteiger partial charge >= 0.3 is 0 Å². The molecule has 0 saturated carbocycles. The van der Waals surface area contributed by atoms with Crippen LogP contribution in [0.15, 0.2) is 30.3 Å². The van der Waals surface area contributed by atoms with Gasteiger partial charge in [0.05, 0.1) is 16.3 Å². The van der Waals surface area contributed by atoms with Crippen LogP contribution in [-0.4, -0.2) is 48.9 Å². The average molecular weight is 348 g/mol. The fourth-order valence-electron chi connectivity index (χ4n) is 2.63. The summed E-state index contributed by atoms with van der Waals surface area (Å²) in [6, 6.07) is 7.72. The van der Waals surface area contributed by atoms with Crippen LogP contribution in [0.25, 0.3) is 0 Å². The predicted molar refractivity (Wildman–Crippen MR) is 95.9 cm³/mol. The van der Waals surface area contributed by atoms with E-state index >= 15 is 0 Å². The molecular formula is C17H21FN4OS. The smallest absolute Gasteiger partial charge is 0.265 e. The molecule has 1 aliphatic heterocycles. The molecule has 1 fully saturated rings. The number of hydrogen-bond donors (Lipinski definition) is 2. The maximum atomic E-state index is 13.3. The van der Waals surface area contributed by atoms with E-state index in [9.17, 15) is 9.18 Å². The molecule has 24 heavy (non-hydrogen) atoms. The Labute approximate surface area is 144 Å². The molecule has 1 aromatic carbocycles. The number of nitrogens with one attached hydrogen (secondary N) is 1. The minimum absolute atomic E-state index is 0.262. The van der Waals surface area contributed by atoms with Gasteiger partial charge < -0.3 is 16.0 Å². The Kier molecular flexibility index (Phi) is 5.13. The largest absolute Gasteiger partial charge is 0.397 e. The second-order valence-corrected chi connectivity index (χ2v) is 7.20. The van der Waals surface area contributed by atoms with Crippen molar-refractivity contribution >= 4 is 28.6 Å². The second kappa shape index (κ2) is 7.29. The van der Waals surface area contributed by atoms with Crippen molar-refractivity contribution in [3.63, 3.8) is 0 Å². The first kappa shape index (κ1) is 16.9. The number of halogens is 1. The molecule has 0 atom stereocenters. The summed E-state index contributed by atoms with van der Waals surface area (Å²) < 4.78 is 13.3. The number of thiophene rings is 1. The summed E-state index contributed by atoms with van der Waals surface area (Å²) >= 11 is 1.46. The standard InChI is InChI=1S/C17H21FN4OS/c1-21-6-8-22(9-7-21)11-13-3-5-16(24-13)17(23)20-15-10-12(18)2-4-14(15)19/h2-5,10H,6-9,11,19H2,1H3,(H,20,23). The number of piperazine rings is 1. The summed E-state index contributed by atoms with van der Waals surface area (Å²) in [5, 5.41) is 2.68. The van der Waals surface area contributed by atoms with Gasteiger partial charge in [0.1, 0.15) is 5.82 Å². The van der Waals surface area contributed by atoms with Crippen LogP contribution in [0.2, 0.25) is 0 Å². The number of benzene rings is 1. The van der Waals surface area contributed by atoms with E-state index in [2.05, 4.69) is 22.2 Å². The molecule has 1 saturated heterocycles. The number of carbonyl (C=O) groups is 1. The highest BCUT2D eigenvalue weighted by atomic mass is 32.1. The molecule has 2 aromatic rings. The molecule has 0 aliphatic carbocycles. The summed E-state index contributed by atoms with van der Waals surface area (Å²) in [4.78, 5) is 18.8. The first-order chi connectivity index (χ1) is 11.5. The third kappa shape index (κ3) is 4.11. The van der Waals surface area contributed by atoms with Crippen LogP contribution in [-0.2, 0) is 6.54 Å². The fourth-order valence-corrected chi connectivity index (χ4v) is 3.58. The molecule has 1 amide bonds. The van der Waals surface area contributed by atoms with E-state index in [1.165, 1.54) is 29.5 Å². The molecule has 0 radical (unpaired) electrons. The zero-order valence-electron chi connectivity index (χ0n) is 13.6. The van der Waals surface area contributed by atoms with Crippen molar-refractivity contribution in [1.82, 2.24) is 9.80 Å². The SMILES string of the molecule is CN1CCN(Cc2ccc(C(=O)Nc3cc(F)ccc3N)s2)CC1. The third-order valence-electron chi connectivity index (χ3n) is 4.12. The maximum absolute atomic E-state index is 13.3. The van der Waals surface area contributed by atoms with Gasteiger partial charge in [-0.3, -0.25) is 9.69 Å². The third-order valence-corrected chi connectivity index (χ3v) is 5.19. The van der Waals surface area contributed by atoms with Crippen molar-refractivity contribution in [1.29, 1.82) is 0 Å². The summed E-state index contributed by atoms with van der Waals surface area (Å²) in [7, 11) is 2.13. The van der Waals surface area contributed by atoms with Crippen molar-refractivity contribution in [2.24, 2.45) is 0 Å². The highest BCUT2D eigenvalue weighted by Gasteiger charge is 2.16. The molecule has 7 heteroatoms. The lowest BCUT2D eigenvalue weighted by Crippen LogP contribution is -2.43. The zero-order valence-corrected chi connectivity index (χ0v) is 14.4. The fraction of sp³-hybridized carbons (Fsp3) is 0.353. The number of hydrogen-bond acceptors (Lipinski definition) is 5. The Morgan fingerprint density at radius 2 is 2.00 bits per heavy atom. The van der Waals surface area contributed by atoms with E-state index in [4.69, 9.17) is 5.73 Å². The number of anilines is 2. The highest BCUT2D eigenvalue weighted by molar-refractivity contribution is 7.14. The number of nitrogens with zero attached hydrogens (tertiary/aromatic N) is 2. The number of rotatable bonds is 4. The van der Waals surface area contributed by atoms with Gasteiger partial charge in [0.25, 0.3) is 5.91 Å². The average Bonchev–Trinajstić information content (AvgIpc) is 3.02. The molecule has 0 bridgehead atoms. The van der Waals surface area contributed by atoms with Crippen LogP contribution in [0.5, 0.6) is 0 Å². The maximum Gasteiger partial charge on any atom is 0.265 e. The van der Waals surface area contributed by atoms with Gasteiger partial charge in [0.15, 0.2) is 0 Å². The Morgan fingerprint density at radius 3 is 2.75 bits per heavy atom. The van der Waals surface area contributed by atoms with Gasteiger partial charge in [-0.25, -0.2) is 4.39 Å². The van der Waals surface area contributed by atoms with Gasteiger partial charge in [-0.1, -0.05) is 0 Å². The van der Waals surface area contributed by atoms with E-state index in [1.54, 1.807) is 6.07 Å². The van der Waals surface area contributed by atoms with Crippen LogP contribution in [0, 0.1) is 5.82 Å². The van der Waals surface area contributed by atoms with Crippen LogP contribution < -0.4 is 11.1 Å². The van der Waals surface area contributed by atoms with Crippen molar-refractivity contribution in [3.05, 3.63) is 45.9 Å². The van der Waals surface area contributed by atoms with Crippen molar-refractivity contribution < 1.29 is 9.18 Å². The number of likely N-dealkylation sites (N-methyl/N-ethyl adjacent to an activating group) is 1. The van der Waals surface area contributed by atoms with Gasteiger partial charge in [-0.2, -0.15) is 0 Å². The molecular weight excluding hydrogens is 327 g/mol. The highest BCUT2D eigenvalue weighted by Crippen LogP contribution is 2.23. The van der Waals surface area contributed by atoms with Crippen molar-refractivity contribution in [3.8, 4) is 0 Å². The molecule has 5 nitrogen and oxygen atoms in total. The number of nitrogen functional groups attached to an aromatic ring is 1. The Morgan fingerprint density at radius 1 is 1.25 bits per heavy atom. The normalized spacial score (nSPS) is 16.2. The van der Waals surface area contributed by atoms with E-state index in [0.29, 0.717) is 16.3 Å². The van der Waals surface area contributed by atoms with E-state index in [0.717, 1.165) is 37.6 Å². The Bertz CT molecular complexity index is 725. The molecule has 1 aromatic heterocycles. The molecule has 2 heterocycles. The minimum atomic E-state index is -0.429. The quantitative estimate of drug-likeness (QED) is 0.834. The lowest BCUT2D eigenvalue weighted by molar-refractivity contribution is 0.103. The molecule has 128 valence electrons. The second-order valence-electron chi connectivity index (χ2n) is 6.03. The number of nitrogens with two attached hydrogens (primary N) is 1. The number of carbonyl (C=O) groups excluding carboxylic acids is 1. The van der Waals surface area contributed by atoms with Crippen molar-refractivity contribution in [2.45, 2.75) is 6.54 Å². The summed E-state index contributed by atoms with van der Waals surface area (Å²) in [6.45, 7) is 5.06. The van der Waals surface area contributed by atoms with Crippen LogP contribution in [0.4, 0.5) is 15.8 Å². The monoisotopic (exact) mass is 348 g/mol. The Balaban J connectivity index is 1.62. The van der Waals surface area contributed by atoms with Gasteiger partial charge in [0, 0.05) is 37.6 Å². The van der Waals surface area contributed by atoms with Gasteiger partial charge in [-0.15, -0.1) is 11.3 Å². The predicted octanol–water partition coefficient (Wildman–Crippen LogP) is 2.47. The molecule has 3 rings (SSSR count). The van der Waals surface area contributed by atoms with Crippen LogP contribution in [0.3, 0.4) is 0 Å². The van der Waals surface area contributed by atoms with E-state index in [1.807, 2.05) is 6.07 Å². The Hall–Kier alpha value is -1.96. The van der Waals surface area contributed by atoms with Gasteiger partial charge in [0.2, 0.25) is 0 Å². The van der Waals surface area contributed by atoms with Crippen LogP contribution >= 0.6 is 11.3 Å². The lowest BCUT2D eigenvalue weighted by Gasteiger charge is -2.31. The summed E-state index contributed by atoms with van der Waals surface area (Å²) in [6.07, 6.45) is 0.